The highest BCUT2D eigenvalue weighted by atomic mass is 32.2. The minimum absolute atomic E-state index is 0.00692. The highest BCUT2D eigenvalue weighted by Gasteiger charge is 2.30. The minimum atomic E-state index is -4.74. The lowest BCUT2D eigenvalue weighted by atomic mass is 9.93. The van der Waals surface area contributed by atoms with Gasteiger partial charge < -0.3 is 8.74 Å². The summed E-state index contributed by atoms with van der Waals surface area (Å²) in [6.45, 7) is 0. The van der Waals surface area contributed by atoms with Gasteiger partial charge in [0.25, 0.3) is 0 Å². The Labute approximate surface area is 252 Å². The summed E-state index contributed by atoms with van der Waals surface area (Å²) in [5.74, 6) is 0.0504. The number of hydrogen-bond donors (Lipinski definition) is 0. The SMILES string of the molecule is O=S(=O)([O-])c1ccc(OS(=O)(=O)c2c(-c3ccccc3)cc(-c3ccccc3)cc2-c2ccccc2)c2c1CCCCC2. The van der Waals surface area contributed by atoms with Crippen LogP contribution in [0.4, 0.5) is 0 Å². The summed E-state index contributed by atoms with van der Waals surface area (Å²) in [6.07, 6.45) is 3.02. The lowest BCUT2D eigenvalue weighted by Crippen LogP contribution is -2.15. The highest BCUT2D eigenvalue weighted by molar-refractivity contribution is 7.87. The molecule has 5 aromatic rings. The topological polar surface area (TPSA) is 101 Å². The van der Waals surface area contributed by atoms with Crippen molar-refractivity contribution in [3.8, 4) is 39.1 Å². The maximum absolute atomic E-state index is 14.5. The standard InChI is InChI=1S/C35H30O6S2/c36-42(37,38)34-22-21-33(29-19-11-4-12-20-30(29)34)41-43(39,40)35-31(26-15-7-2-8-16-26)23-28(25-13-5-1-6-14-25)24-32(35)27-17-9-3-10-18-27/h1-3,5-10,13-18,21-24H,4,11-12,19-20H2,(H,36,37,38)/p-1. The molecule has 0 aliphatic heterocycles. The second-order valence-corrected chi connectivity index (χ2v) is 13.4. The van der Waals surface area contributed by atoms with Crippen molar-refractivity contribution in [2.45, 2.75) is 41.9 Å². The Hall–Kier alpha value is -4.24. The van der Waals surface area contributed by atoms with Crippen LogP contribution in [0, 0.1) is 0 Å². The molecule has 0 N–H and O–H groups in total. The highest BCUT2D eigenvalue weighted by Crippen LogP contribution is 2.42. The zero-order valence-corrected chi connectivity index (χ0v) is 24.9. The number of benzene rings is 5. The molecule has 6 rings (SSSR count). The number of fused-ring (bicyclic) bond motifs is 1. The smallest absolute Gasteiger partial charge is 0.340 e. The van der Waals surface area contributed by atoms with Crippen LogP contribution < -0.4 is 4.18 Å². The van der Waals surface area contributed by atoms with Crippen molar-refractivity contribution in [3.63, 3.8) is 0 Å². The first kappa shape index (κ1) is 28.9. The second kappa shape index (κ2) is 11.8. The third kappa shape index (κ3) is 5.99. The van der Waals surface area contributed by atoms with Crippen LogP contribution in [0.2, 0.25) is 0 Å². The third-order valence-electron chi connectivity index (χ3n) is 7.78. The van der Waals surface area contributed by atoms with Gasteiger partial charge in [-0.1, -0.05) is 97.4 Å². The third-order valence-corrected chi connectivity index (χ3v) is 10.0. The van der Waals surface area contributed by atoms with Gasteiger partial charge in [-0.05, 0) is 77.8 Å². The van der Waals surface area contributed by atoms with Crippen LogP contribution in [0.1, 0.15) is 30.4 Å². The van der Waals surface area contributed by atoms with Crippen LogP contribution in [0.3, 0.4) is 0 Å². The summed E-state index contributed by atoms with van der Waals surface area (Å²) in [7, 11) is -9.24. The fraction of sp³-hybridized carbons (Fsp3) is 0.143. The molecule has 0 spiro atoms. The quantitative estimate of drug-likeness (QED) is 0.107. The van der Waals surface area contributed by atoms with E-state index in [1.165, 1.54) is 12.1 Å². The van der Waals surface area contributed by atoms with Gasteiger partial charge >= 0.3 is 10.1 Å². The molecule has 0 heterocycles. The lowest BCUT2D eigenvalue weighted by Gasteiger charge is -2.21. The van der Waals surface area contributed by atoms with E-state index in [0.29, 0.717) is 52.6 Å². The molecule has 8 heteroatoms. The van der Waals surface area contributed by atoms with Gasteiger partial charge in [-0.3, -0.25) is 0 Å². The van der Waals surface area contributed by atoms with E-state index in [1.807, 2.05) is 103 Å². The minimum Gasteiger partial charge on any atom is -0.744 e. The van der Waals surface area contributed by atoms with Crippen molar-refractivity contribution < 1.29 is 25.6 Å². The van der Waals surface area contributed by atoms with Gasteiger partial charge in [0, 0.05) is 16.7 Å². The molecular formula is C35H29O6S2-. The summed E-state index contributed by atoms with van der Waals surface area (Å²) in [6, 6.07) is 34.5. The molecule has 6 nitrogen and oxygen atoms in total. The average Bonchev–Trinajstić information content (AvgIpc) is 3.28. The van der Waals surface area contributed by atoms with E-state index in [1.54, 1.807) is 0 Å². The summed E-state index contributed by atoms with van der Waals surface area (Å²) < 4.78 is 71.2. The molecule has 5 aromatic carbocycles. The van der Waals surface area contributed by atoms with Crippen LogP contribution in [0.15, 0.2) is 125 Å². The first-order valence-electron chi connectivity index (χ1n) is 14.1. The van der Waals surface area contributed by atoms with Crippen LogP contribution in [0.5, 0.6) is 5.75 Å². The van der Waals surface area contributed by atoms with E-state index in [-0.39, 0.29) is 15.5 Å². The predicted octanol–water partition coefficient (Wildman–Crippen LogP) is 7.63. The Bertz CT molecular complexity index is 1930. The Morgan fingerprint density at radius 2 is 1.02 bits per heavy atom. The largest absolute Gasteiger partial charge is 0.744 e. The van der Waals surface area contributed by atoms with Crippen molar-refractivity contribution >= 4 is 20.2 Å². The first-order valence-corrected chi connectivity index (χ1v) is 16.9. The number of rotatable bonds is 7. The van der Waals surface area contributed by atoms with Gasteiger partial charge in [0.15, 0.2) is 0 Å². The molecule has 0 atom stereocenters. The van der Waals surface area contributed by atoms with Crippen molar-refractivity contribution in [3.05, 3.63) is 126 Å². The molecule has 1 aliphatic rings. The maximum atomic E-state index is 14.5. The molecule has 0 aromatic heterocycles. The normalized spacial score (nSPS) is 13.6. The van der Waals surface area contributed by atoms with Crippen LogP contribution in [-0.2, 0) is 33.1 Å². The molecule has 0 amide bonds. The van der Waals surface area contributed by atoms with Crippen molar-refractivity contribution in [2.75, 3.05) is 0 Å². The van der Waals surface area contributed by atoms with Crippen molar-refractivity contribution in [1.29, 1.82) is 0 Å². The van der Waals surface area contributed by atoms with Gasteiger partial charge in [-0.15, -0.1) is 0 Å². The molecule has 0 fully saturated rings. The Balaban J connectivity index is 1.60. The summed E-state index contributed by atoms with van der Waals surface area (Å²) >= 11 is 0. The fourth-order valence-corrected chi connectivity index (χ4v) is 7.94. The van der Waals surface area contributed by atoms with Gasteiger partial charge in [-0.2, -0.15) is 8.42 Å². The van der Waals surface area contributed by atoms with Crippen LogP contribution in [-0.4, -0.2) is 21.4 Å². The van der Waals surface area contributed by atoms with Gasteiger partial charge in [0.1, 0.15) is 20.8 Å². The Morgan fingerprint density at radius 1 is 0.535 bits per heavy atom. The van der Waals surface area contributed by atoms with E-state index in [0.717, 1.165) is 24.0 Å². The average molecular weight is 610 g/mol. The molecule has 0 saturated heterocycles. The Kier molecular flexibility index (Phi) is 7.92. The van der Waals surface area contributed by atoms with E-state index < -0.39 is 20.2 Å². The van der Waals surface area contributed by atoms with E-state index >= 15 is 0 Å². The predicted molar refractivity (Wildman–Crippen MR) is 166 cm³/mol. The van der Waals surface area contributed by atoms with Crippen molar-refractivity contribution in [1.82, 2.24) is 0 Å². The molecule has 0 saturated carbocycles. The summed E-state index contributed by atoms with van der Waals surface area (Å²) in [4.78, 5) is -0.302. The molecular weight excluding hydrogens is 581 g/mol. The van der Waals surface area contributed by atoms with Crippen LogP contribution in [0.25, 0.3) is 33.4 Å². The molecule has 43 heavy (non-hydrogen) atoms. The molecule has 0 unspecified atom stereocenters. The van der Waals surface area contributed by atoms with Gasteiger partial charge in [0.2, 0.25) is 0 Å². The Morgan fingerprint density at radius 3 is 1.53 bits per heavy atom. The van der Waals surface area contributed by atoms with Gasteiger partial charge in [0.05, 0.1) is 4.90 Å². The molecule has 0 bridgehead atoms. The molecule has 0 radical (unpaired) electrons. The summed E-state index contributed by atoms with van der Waals surface area (Å²) in [5.41, 5.74) is 4.94. The van der Waals surface area contributed by atoms with Crippen LogP contribution >= 0.6 is 0 Å². The zero-order chi connectivity index (χ0) is 30.0. The zero-order valence-electron chi connectivity index (χ0n) is 23.3. The monoisotopic (exact) mass is 609 g/mol. The van der Waals surface area contributed by atoms with E-state index in [4.69, 9.17) is 4.18 Å². The maximum Gasteiger partial charge on any atom is 0.340 e. The van der Waals surface area contributed by atoms with Crippen molar-refractivity contribution in [2.24, 2.45) is 0 Å². The fourth-order valence-electron chi connectivity index (χ4n) is 5.81. The van der Waals surface area contributed by atoms with E-state index in [2.05, 4.69) is 0 Å². The lowest BCUT2D eigenvalue weighted by molar-refractivity contribution is 0.461. The summed E-state index contributed by atoms with van der Waals surface area (Å²) in [5, 5.41) is 0. The van der Waals surface area contributed by atoms with E-state index in [9.17, 15) is 21.4 Å². The van der Waals surface area contributed by atoms with Gasteiger partial charge in [-0.25, -0.2) is 8.42 Å². The molecule has 218 valence electrons. The second-order valence-electron chi connectivity index (χ2n) is 10.6. The number of hydrogen-bond acceptors (Lipinski definition) is 6. The first-order chi connectivity index (χ1) is 20.7. The molecule has 1 aliphatic carbocycles.